The summed E-state index contributed by atoms with van der Waals surface area (Å²) in [6, 6.07) is 7.86. The van der Waals surface area contributed by atoms with Crippen molar-refractivity contribution in [2.75, 3.05) is 19.7 Å². The van der Waals surface area contributed by atoms with Crippen molar-refractivity contribution >= 4 is 5.69 Å². The molecule has 1 N–H and O–H groups in total. The Balaban J connectivity index is 1.59. The zero-order valence-corrected chi connectivity index (χ0v) is 12.5. The van der Waals surface area contributed by atoms with Gasteiger partial charge in [-0.25, -0.2) is 0 Å². The molecule has 0 aliphatic carbocycles. The van der Waals surface area contributed by atoms with Gasteiger partial charge in [0.25, 0.3) is 0 Å². The van der Waals surface area contributed by atoms with Crippen LogP contribution in [0, 0.1) is 10.1 Å². The smallest absolute Gasteiger partial charge is 0.306 e. The van der Waals surface area contributed by atoms with Gasteiger partial charge in [-0.2, -0.15) is 5.10 Å². The molecule has 122 valence electrons. The second-order valence-corrected chi connectivity index (χ2v) is 5.52. The standard InChI is InChI=1S/C15H18N4O4/c20-14(11-18-9-13(7-16-18)19(21)22)10-17-5-6-23-15-4-2-1-3-12(15)8-17/h1-4,7,9,14,20H,5-6,8,10-11H2. The maximum atomic E-state index is 10.6. The number of ether oxygens (including phenoxy) is 1. The largest absolute Gasteiger partial charge is 0.492 e. The molecular formula is C15H18N4O4. The summed E-state index contributed by atoms with van der Waals surface area (Å²) in [6.07, 6.45) is 1.84. The molecule has 1 aromatic carbocycles. The number of nitrogens with zero attached hydrogens (tertiary/aromatic N) is 4. The first-order valence-electron chi connectivity index (χ1n) is 7.40. The van der Waals surface area contributed by atoms with Gasteiger partial charge in [-0.05, 0) is 6.07 Å². The van der Waals surface area contributed by atoms with Gasteiger partial charge in [0.1, 0.15) is 24.8 Å². The number of nitro groups is 1. The Morgan fingerprint density at radius 1 is 1.39 bits per heavy atom. The van der Waals surface area contributed by atoms with Crippen LogP contribution in [0.5, 0.6) is 5.75 Å². The minimum atomic E-state index is -0.667. The molecule has 0 fully saturated rings. The molecule has 1 unspecified atom stereocenters. The number of benzene rings is 1. The van der Waals surface area contributed by atoms with Crippen LogP contribution in [0.25, 0.3) is 0 Å². The van der Waals surface area contributed by atoms with Crippen LogP contribution in [0.15, 0.2) is 36.7 Å². The highest BCUT2D eigenvalue weighted by Crippen LogP contribution is 2.22. The molecule has 23 heavy (non-hydrogen) atoms. The number of aliphatic hydroxyl groups excluding tert-OH is 1. The first kappa shape index (κ1) is 15.4. The van der Waals surface area contributed by atoms with Gasteiger partial charge >= 0.3 is 5.69 Å². The number of β-amino-alcohol motifs (C(OH)–C–C–N with tert-alkyl or cyclic N) is 1. The van der Waals surface area contributed by atoms with E-state index in [9.17, 15) is 15.2 Å². The Hall–Kier alpha value is -2.45. The fourth-order valence-corrected chi connectivity index (χ4v) is 2.65. The van der Waals surface area contributed by atoms with Crippen molar-refractivity contribution < 1.29 is 14.8 Å². The van der Waals surface area contributed by atoms with Gasteiger partial charge in [0.15, 0.2) is 0 Å². The fourth-order valence-electron chi connectivity index (χ4n) is 2.65. The number of hydrogen-bond donors (Lipinski definition) is 1. The summed E-state index contributed by atoms with van der Waals surface area (Å²) < 4.78 is 7.09. The quantitative estimate of drug-likeness (QED) is 0.654. The molecule has 0 saturated heterocycles. The highest BCUT2D eigenvalue weighted by Gasteiger charge is 2.19. The van der Waals surface area contributed by atoms with Crippen LogP contribution < -0.4 is 4.74 Å². The summed E-state index contributed by atoms with van der Waals surface area (Å²) in [5.41, 5.74) is 1.02. The highest BCUT2D eigenvalue weighted by molar-refractivity contribution is 5.33. The van der Waals surface area contributed by atoms with Gasteiger partial charge in [0, 0.05) is 25.2 Å². The number of rotatable bonds is 5. The first-order chi connectivity index (χ1) is 11.1. The summed E-state index contributed by atoms with van der Waals surface area (Å²) >= 11 is 0. The van der Waals surface area contributed by atoms with E-state index < -0.39 is 11.0 Å². The van der Waals surface area contributed by atoms with Crippen LogP contribution in [0.1, 0.15) is 5.56 Å². The summed E-state index contributed by atoms with van der Waals surface area (Å²) in [6.45, 7) is 2.65. The molecule has 1 aliphatic rings. The summed E-state index contributed by atoms with van der Waals surface area (Å²) in [5.74, 6) is 0.882. The predicted molar refractivity (Wildman–Crippen MR) is 82.1 cm³/mol. The second-order valence-electron chi connectivity index (χ2n) is 5.52. The van der Waals surface area contributed by atoms with E-state index in [1.807, 2.05) is 24.3 Å². The number of hydrogen-bond acceptors (Lipinski definition) is 6. The van der Waals surface area contributed by atoms with Crippen molar-refractivity contribution in [3.63, 3.8) is 0 Å². The number of fused-ring (bicyclic) bond motifs is 1. The summed E-state index contributed by atoms with van der Waals surface area (Å²) in [5, 5.41) is 24.8. The topological polar surface area (TPSA) is 93.7 Å². The average molecular weight is 318 g/mol. The third-order valence-electron chi connectivity index (χ3n) is 3.73. The molecule has 2 aromatic rings. The lowest BCUT2D eigenvalue weighted by Crippen LogP contribution is -2.35. The fraction of sp³-hybridized carbons (Fsp3) is 0.400. The van der Waals surface area contributed by atoms with Crippen LogP contribution >= 0.6 is 0 Å². The molecule has 8 nitrogen and oxygen atoms in total. The SMILES string of the molecule is O=[N+]([O-])c1cnn(CC(O)CN2CCOc3ccccc3C2)c1. The van der Waals surface area contributed by atoms with Gasteiger partial charge < -0.3 is 9.84 Å². The van der Waals surface area contributed by atoms with Crippen molar-refractivity contribution in [3.05, 3.63) is 52.3 Å². The zero-order valence-electron chi connectivity index (χ0n) is 12.5. The lowest BCUT2D eigenvalue weighted by atomic mass is 10.2. The van der Waals surface area contributed by atoms with Crippen molar-refractivity contribution in [1.29, 1.82) is 0 Å². The van der Waals surface area contributed by atoms with E-state index in [2.05, 4.69) is 10.00 Å². The number of aliphatic hydroxyl groups is 1. The lowest BCUT2D eigenvalue weighted by molar-refractivity contribution is -0.385. The summed E-state index contributed by atoms with van der Waals surface area (Å²) in [7, 11) is 0. The normalized spacial score (nSPS) is 16.2. The van der Waals surface area contributed by atoms with Crippen molar-refractivity contribution in [2.24, 2.45) is 0 Å². The highest BCUT2D eigenvalue weighted by atomic mass is 16.6. The third kappa shape index (κ3) is 3.85. The van der Waals surface area contributed by atoms with E-state index in [0.717, 1.165) is 11.3 Å². The van der Waals surface area contributed by atoms with E-state index in [1.165, 1.54) is 17.1 Å². The second kappa shape index (κ2) is 6.76. The molecule has 1 atom stereocenters. The third-order valence-corrected chi connectivity index (χ3v) is 3.73. The van der Waals surface area contributed by atoms with E-state index in [-0.39, 0.29) is 12.2 Å². The van der Waals surface area contributed by atoms with Crippen LogP contribution in [-0.2, 0) is 13.1 Å². The zero-order chi connectivity index (χ0) is 16.2. The average Bonchev–Trinajstić information content (AvgIpc) is 2.88. The van der Waals surface area contributed by atoms with E-state index in [4.69, 9.17) is 4.74 Å². The molecule has 0 amide bonds. The molecule has 1 aromatic heterocycles. The van der Waals surface area contributed by atoms with Gasteiger partial charge in [-0.15, -0.1) is 0 Å². The molecule has 0 bridgehead atoms. The minimum Gasteiger partial charge on any atom is -0.492 e. The van der Waals surface area contributed by atoms with Gasteiger partial charge in [-0.1, -0.05) is 18.2 Å². The predicted octanol–water partition coefficient (Wildman–Crippen LogP) is 1.05. The Morgan fingerprint density at radius 3 is 3.00 bits per heavy atom. The van der Waals surface area contributed by atoms with Gasteiger partial charge in [0.2, 0.25) is 0 Å². The Labute approximate surface area is 133 Å². The first-order valence-corrected chi connectivity index (χ1v) is 7.40. The van der Waals surface area contributed by atoms with E-state index in [0.29, 0.717) is 26.2 Å². The molecule has 1 aliphatic heterocycles. The molecule has 8 heteroatoms. The minimum absolute atomic E-state index is 0.0747. The van der Waals surface area contributed by atoms with E-state index in [1.54, 1.807) is 0 Å². The number of aromatic nitrogens is 2. The Bertz CT molecular complexity index is 688. The maximum Gasteiger partial charge on any atom is 0.306 e. The van der Waals surface area contributed by atoms with Gasteiger partial charge in [0.05, 0.1) is 17.6 Å². The van der Waals surface area contributed by atoms with Crippen LogP contribution in [0.4, 0.5) is 5.69 Å². The van der Waals surface area contributed by atoms with Gasteiger partial charge in [-0.3, -0.25) is 19.7 Å². The van der Waals surface area contributed by atoms with Crippen LogP contribution in [-0.4, -0.2) is 50.5 Å². The summed E-state index contributed by atoms with van der Waals surface area (Å²) in [4.78, 5) is 12.2. The molecule has 2 heterocycles. The number of para-hydroxylation sites is 1. The molecule has 0 saturated carbocycles. The molecular weight excluding hydrogens is 300 g/mol. The monoisotopic (exact) mass is 318 g/mol. The lowest BCUT2D eigenvalue weighted by Gasteiger charge is -2.22. The van der Waals surface area contributed by atoms with E-state index >= 15 is 0 Å². The van der Waals surface area contributed by atoms with Crippen molar-refractivity contribution in [1.82, 2.24) is 14.7 Å². The molecule has 0 spiro atoms. The maximum absolute atomic E-state index is 10.6. The van der Waals surface area contributed by atoms with Crippen molar-refractivity contribution in [2.45, 2.75) is 19.2 Å². The Kier molecular flexibility index (Phi) is 4.54. The Morgan fingerprint density at radius 2 is 2.22 bits per heavy atom. The molecule has 3 rings (SSSR count). The van der Waals surface area contributed by atoms with Crippen LogP contribution in [0.2, 0.25) is 0 Å². The van der Waals surface area contributed by atoms with Crippen LogP contribution in [0.3, 0.4) is 0 Å². The molecule has 0 radical (unpaired) electrons. The van der Waals surface area contributed by atoms with Crippen molar-refractivity contribution in [3.8, 4) is 5.75 Å².